The van der Waals surface area contributed by atoms with E-state index in [1.165, 1.54) is 12.8 Å². The van der Waals surface area contributed by atoms with Crippen LogP contribution in [0, 0.1) is 5.92 Å². The van der Waals surface area contributed by atoms with Gasteiger partial charge in [-0.25, -0.2) is 4.98 Å². The van der Waals surface area contributed by atoms with Crippen LogP contribution in [0.25, 0.3) is 0 Å². The summed E-state index contributed by atoms with van der Waals surface area (Å²) < 4.78 is 40.1. The molecule has 1 saturated heterocycles. The van der Waals surface area contributed by atoms with Gasteiger partial charge in [-0.3, -0.25) is 0 Å². The van der Waals surface area contributed by atoms with Crippen molar-refractivity contribution in [3.8, 4) is 0 Å². The number of halogens is 3. The van der Waals surface area contributed by atoms with Gasteiger partial charge in [-0.05, 0) is 43.8 Å². The zero-order valence-corrected chi connectivity index (χ0v) is 17.0. The first kappa shape index (κ1) is 21.1. The van der Waals surface area contributed by atoms with E-state index in [-0.39, 0.29) is 17.1 Å². The van der Waals surface area contributed by atoms with Gasteiger partial charge in [0, 0.05) is 25.2 Å². The average Bonchev–Trinajstić information content (AvgIpc) is 2.89. The van der Waals surface area contributed by atoms with Crippen LogP contribution in [-0.4, -0.2) is 34.2 Å². The van der Waals surface area contributed by atoms with Gasteiger partial charge in [0.05, 0.1) is 0 Å². The van der Waals surface area contributed by atoms with Crippen molar-refractivity contribution in [3.63, 3.8) is 0 Å². The van der Waals surface area contributed by atoms with Gasteiger partial charge >= 0.3 is 6.18 Å². The minimum atomic E-state index is -4.54. The topological polar surface area (TPSA) is 53.1 Å². The molecule has 5 nitrogen and oxygen atoms in total. The molecule has 1 saturated carbocycles. The molecule has 9 heteroatoms. The lowest BCUT2D eigenvalue weighted by Crippen LogP contribution is -2.38. The molecule has 0 spiro atoms. The molecule has 2 N–H and O–H groups in total. The molecule has 28 heavy (non-hydrogen) atoms. The lowest BCUT2D eigenvalue weighted by atomic mass is 10.0. The molecule has 0 unspecified atom stereocenters. The number of nitrogens with one attached hydrogen (secondary N) is 2. The summed E-state index contributed by atoms with van der Waals surface area (Å²) in [6, 6.07) is 1.28. The average molecular weight is 416 g/mol. The Labute approximate surface area is 169 Å². The predicted octanol–water partition coefficient (Wildman–Crippen LogP) is 4.74. The number of piperidine rings is 1. The third-order valence-corrected chi connectivity index (χ3v) is 5.62. The summed E-state index contributed by atoms with van der Waals surface area (Å²) in [7, 11) is 0. The quantitative estimate of drug-likeness (QED) is 0.549. The maximum Gasteiger partial charge on any atom is 0.433 e. The van der Waals surface area contributed by atoms with E-state index in [0.717, 1.165) is 44.6 Å². The molecule has 0 aromatic carbocycles. The highest BCUT2D eigenvalue weighted by Crippen LogP contribution is 2.31. The van der Waals surface area contributed by atoms with E-state index < -0.39 is 11.9 Å². The first-order valence-electron chi connectivity index (χ1n) is 10.1. The summed E-state index contributed by atoms with van der Waals surface area (Å²) in [5, 5.41) is 6.28. The lowest BCUT2D eigenvalue weighted by molar-refractivity contribution is -0.141. The lowest BCUT2D eigenvalue weighted by Gasteiger charge is -2.32. The van der Waals surface area contributed by atoms with E-state index >= 15 is 0 Å². The smallest absolute Gasteiger partial charge is 0.360 e. The minimum Gasteiger partial charge on any atom is -0.360 e. The fourth-order valence-electron chi connectivity index (χ4n) is 3.94. The van der Waals surface area contributed by atoms with Crippen LogP contribution < -0.4 is 15.5 Å². The Morgan fingerprint density at radius 1 is 1.11 bits per heavy atom. The van der Waals surface area contributed by atoms with Crippen LogP contribution in [0.5, 0.6) is 0 Å². The molecule has 1 atom stereocenters. The molecule has 156 valence electrons. The minimum absolute atomic E-state index is 0.103. The summed E-state index contributed by atoms with van der Waals surface area (Å²) in [6.07, 6.45) is 4.22. The molecule has 2 heterocycles. The highest BCUT2D eigenvalue weighted by Gasteiger charge is 2.34. The normalized spacial score (nSPS) is 21.9. The van der Waals surface area contributed by atoms with Gasteiger partial charge in [0.2, 0.25) is 5.95 Å². The molecule has 2 aliphatic rings. The second-order valence-corrected chi connectivity index (χ2v) is 8.32. The number of alkyl halides is 3. The summed E-state index contributed by atoms with van der Waals surface area (Å²) in [6.45, 7) is 3.49. The standard InChI is InChI=1S/C19H28F3N5S/c1-13-7-6-10-27(12-13)16-11-15(19(20,21)22)24-17(25-16)26-18(28)23-14-8-4-2-3-5-9-14/h11,13-14H,2-10,12H2,1H3,(H2,23,24,25,26,28)/t13-/m1/s1. The van der Waals surface area contributed by atoms with Gasteiger partial charge in [0.1, 0.15) is 5.82 Å². The predicted molar refractivity (Wildman–Crippen MR) is 108 cm³/mol. The third-order valence-electron chi connectivity index (χ3n) is 5.40. The van der Waals surface area contributed by atoms with Crippen molar-refractivity contribution in [2.75, 3.05) is 23.3 Å². The maximum atomic E-state index is 13.4. The van der Waals surface area contributed by atoms with Gasteiger partial charge in [-0.2, -0.15) is 18.2 Å². The molecule has 0 radical (unpaired) electrons. The Bertz CT molecular complexity index is 674. The number of nitrogens with zero attached hydrogens (tertiary/aromatic N) is 3. The molecular weight excluding hydrogens is 387 g/mol. The molecule has 0 bridgehead atoms. The van der Waals surface area contributed by atoms with Gasteiger partial charge in [-0.15, -0.1) is 0 Å². The molecule has 3 rings (SSSR count). The van der Waals surface area contributed by atoms with Gasteiger partial charge in [0.25, 0.3) is 0 Å². The van der Waals surface area contributed by atoms with Crippen molar-refractivity contribution >= 4 is 29.1 Å². The van der Waals surface area contributed by atoms with E-state index in [0.29, 0.717) is 24.8 Å². The van der Waals surface area contributed by atoms with Crippen molar-refractivity contribution < 1.29 is 13.2 Å². The van der Waals surface area contributed by atoms with Crippen LogP contribution in [0.2, 0.25) is 0 Å². The Balaban J connectivity index is 1.75. The van der Waals surface area contributed by atoms with Crippen LogP contribution >= 0.6 is 12.2 Å². The van der Waals surface area contributed by atoms with E-state index in [1.54, 1.807) is 0 Å². The second-order valence-electron chi connectivity index (χ2n) is 7.91. The number of anilines is 2. The number of rotatable bonds is 3. The van der Waals surface area contributed by atoms with Crippen molar-refractivity contribution in [1.29, 1.82) is 0 Å². The SMILES string of the molecule is C[C@@H]1CCCN(c2cc(C(F)(F)F)nc(NC(=S)NC3CCCCCC3)n2)C1. The molecule has 2 fully saturated rings. The number of hydrogen-bond donors (Lipinski definition) is 2. The first-order valence-corrected chi connectivity index (χ1v) is 10.5. The molecule has 1 aromatic rings. The largest absolute Gasteiger partial charge is 0.433 e. The van der Waals surface area contributed by atoms with E-state index in [9.17, 15) is 13.2 Å². The molecular formula is C19H28F3N5S. The zero-order valence-electron chi connectivity index (χ0n) is 16.2. The fraction of sp³-hybridized carbons (Fsp3) is 0.737. The molecule has 0 amide bonds. The second kappa shape index (κ2) is 9.24. The summed E-state index contributed by atoms with van der Waals surface area (Å²) in [5.41, 5.74) is -0.949. The third kappa shape index (κ3) is 5.93. The van der Waals surface area contributed by atoms with Crippen LogP contribution in [0.3, 0.4) is 0 Å². The highest BCUT2D eigenvalue weighted by molar-refractivity contribution is 7.80. The monoisotopic (exact) mass is 415 g/mol. The van der Waals surface area contributed by atoms with Crippen LogP contribution in [0.4, 0.5) is 24.9 Å². The van der Waals surface area contributed by atoms with Gasteiger partial charge < -0.3 is 15.5 Å². The Hall–Kier alpha value is -1.64. The van der Waals surface area contributed by atoms with Crippen molar-refractivity contribution in [2.45, 2.75) is 70.5 Å². The number of thiocarbonyl (C=S) groups is 1. The Kier molecular flexibility index (Phi) is 6.95. The van der Waals surface area contributed by atoms with Crippen LogP contribution in [0.1, 0.15) is 64.0 Å². The summed E-state index contributed by atoms with van der Waals surface area (Å²) >= 11 is 5.32. The first-order chi connectivity index (χ1) is 13.3. The van der Waals surface area contributed by atoms with E-state index in [4.69, 9.17) is 12.2 Å². The van der Waals surface area contributed by atoms with Gasteiger partial charge in [-0.1, -0.05) is 32.6 Å². The molecule has 1 aliphatic carbocycles. The van der Waals surface area contributed by atoms with Crippen LogP contribution in [-0.2, 0) is 6.18 Å². The van der Waals surface area contributed by atoms with Crippen molar-refractivity contribution in [2.24, 2.45) is 5.92 Å². The fourth-order valence-corrected chi connectivity index (χ4v) is 4.20. The highest BCUT2D eigenvalue weighted by atomic mass is 32.1. The van der Waals surface area contributed by atoms with Crippen LogP contribution in [0.15, 0.2) is 6.07 Å². The van der Waals surface area contributed by atoms with Crippen molar-refractivity contribution in [3.05, 3.63) is 11.8 Å². The molecule has 1 aromatic heterocycles. The van der Waals surface area contributed by atoms with Gasteiger partial charge in [0.15, 0.2) is 10.8 Å². The maximum absolute atomic E-state index is 13.4. The summed E-state index contributed by atoms with van der Waals surface area (Å²) in [5.74, 6) is 0.621. The Morgan fingerprint density at radius 2 is 1.82 bits per heavy atom. The van der Waals surface area contributed by atoms with Crippen molar-refractivity contribution in [1.82, 2.24) is 15.3 Å². The Morgan fingerprint density at radius 3 is 2.46 bits per heavy atom. The zero-order chi connectivity index (χ0) is 20.1. The molecule has 1 aliphatic heterocycles. The number of hydrogen-bond acceptors (Lipinski definition) is 4. The van der Waals surface area contributed by atoms with E-state index in [1.807, 2.05) is 4.90 Å². The number of aromatic nitrogens is 2. The van der Waals surface area contributed by atoms with E-state index in [2.05, 4.69) is 27.5 Å². The summed E-state index contributed by atoms with van der Waals surface area (Å²) in [4.78, 5) is 9.90.